The quantitative estimate of drug-likeness (QED) is 0.270. The van der Waals surface area contributed by atoms with Crippen LogP contribution in [0.25, 0.3) is 5.57 Å². The molecule has 1 aliphatic heterocycles. The molecule has 1 aliphatic rings. The van der Waals surface area contributed by atoms with Crippen LogP contribution in [0.2, 0.25) is 10.0 Å². The van der Waals surface area contributed by atoms with E-state index in [-0.39, 0.29) is 5.78 Å². The molecule has 0 radical (unpaired) electrons. The molecule has 0 aliphatic carbocycles. The first-order valence-electron chi connectivity index (χ1n) is 11.4. The Morgan fingerprint density at radius 1 is 0.694 bits per heavy atom. The van der Waals surface area contributed by atoms with Gasteiger partial charge in [0.15, 0.2) is 0 Å². The maximum Gasteiger partial charge on any atom is 0.313 e. The number of Topliss-reactive ketones (excluding diaryl/α,β-unsaturated/α-hetero) is 1. The van der Waals surface area contributed by atoms with E-state index in [9.17, 15) is 14.7 Å². The van der Waals surface area contributed by atoms with Gasteiger partial charge in [0.25, 0.3) is 0 Å². The number of ketones is 1. The lowest BCUT2D eigenvalue weighted by atomic mass is 9.85. The van der Waals surface area contributed by atoms with Gasteiger partial charge in [0.1, 0.15) is 5.92 Å². The molecule has 1 unspecified atom stereocenters. The molecule has 0 amide bonds. The fourth-order valence-electron chi connectivity index (χ4n) is 4.77. The summed E-state index contributed by atoms with van der Waals surface area (Å²) in [5.74, 6) is -2.32. The standard InChI is InChI=1S/C30H21Cl2NO3/c31-22-15-11-19(12-16-22)25-26(30(35)36)27(20-13-17-23(32)18-14-20)33(24-9-5-2-6-10-24)28(25)29(34)21-7-3-1-4-8-21/h1-18,26-27H,(H,35,36)/t26-,27?/m0/s1. The number of carbonyl (C=O) groups is 2. The molecule has 0 saturated carbocycles. The number of benzene rings is 4. The lowest BCUT2D eigenvalue weighted by molar-refractivity contribution is -0.140. The van der Waals surface area contributed by atoms with E-state index in [1.165, 1.54) is 0 Å². The molecule has 0 aromatic heterocycles. The van der Waals surface area contributed by atoms with Gasteiger partial charge in [-0.2, -0.15) is 0 Å². The van der Waals surface area contributed by atoms with E-state index in [1.807, 2.05) is 53.4 Å². The van der Waals surface area contributed by atoms with E-state index in [2.05, 4.69) is 0 Å². The number of anilines is 1. The smallest absolute Gasteiger partial charge is 0.313 e. The van der Waals surface area contributed by atoms with Gasteiger partial charge in [-0.25, -0.2) is 0 Å². The second kappa shape index (κ2) is 10.0. The first kappa shape index (κ1) is 23.9. The Morgan fingerprint density at radius 2 is 1.22 bits per heavy atom. The fraction of sp³-hybridized carbons (Fsp3) is 0.0667. The zero-order chi connectivity index (χ0) is 25.2. The largest absolute Gasteiger partial charge is 0.481 e. The monoisotopic (exact) mass is 513 g/mol. The molecule has 2 atom stereocenters. The van der Waals surface area contributed by atoms with Crippen molar-refractivity contribution in [2.75, 3.05) is 4.90 Å². The lowest BCUT2D eigenvalue weighted by Gasteiger charge is -2.31. The predicted octanol–water partition coefficient (Wildman–Crippen LogP) is 7.55. The Kier molecular flexibility index (Phi) is 6.64. The summed E-state index contributed by atoms with van der Waals surface area (Å²) in [7, 11) is 0. The molecule has 1 N–H and O–H groups in total. The van der Waals surface area contributed by atoms with Crippen LogP contribution < -0.4 is 4.90 Å². The highest BCUT2D eigenvalue weighted by Gasteiger charge is 2.48. The Balaban J connectivity index is 1.84. The average Bonchev–Trinajstić information content (AvgIpc) is 3.26. The number of halogens is 2. The Morgan fingerprint density at radius 3 is 1.78 bits per heavy atom. The van der Waals surface area contributed by atoms with Gasteiger partial charge in [0.05, 0.1) is 11.7 Å². The number of hydrogen-bond donors (Lipinski definition) is 1. The summed E-state index contributed by atoms with van der Waals surface area (Å²) in [6.45, 7) is 0. The van der Waals surface area contributed by atoms with Crippen molar-refractivity contribution in [3.05, 3.63) is 142 Å². The molecule has 1 heterocycles. The van der Waals surface area contributed by atoms with Gasteiger partial charge in [0, 0.05) is 26.9 Å². The number of para-hydroxylation sites is 1. The first-order chi connectivity index (χ1) is 17.5. The third-order valence-electron chi connectivity index (χ3n) is 6.32. The van der Waals surface area contributed by atoms with Gasteiger partial charge in [-0.05, 0) is 47.5 Å². The zero-order valence-corrected chi connectivity index (χ0v) is 20.5. The number of allylic oxidation sites excluding steroid dienone is 1. The van der Waals surface area contributed by atoms with Crippen molar-refractivity contribution in [3.8, 4) is 0 Å². The molecule has 178 valence electrons. The molecule has 5 rings (SSSR count). The maximum atomic E-state index is 14.1. The number of carboxylic acid groups (broad SMARTS) is 1. The van der Waals surface area contributed by atoms with Crippen LogP contribution in [-0.2, 0) is 4.79 Å². The molecule has 0 bridgehead atoms. The molecular formula is C30H21Cl2NO3. The van der Waals surface area contributed by atoms with E-state index in [4.69, 9.17) is 23.2 Å². The Hall–Kier alpha value is -3.86. The topological polar surface area (TPSA) is 57.6 Å². The van der Waals surface area contributed by atoms with Gasteiger partial charge in [-0.15, -0.1) is 0 Å². The van der Waals surface area contributed by atoms with Gasteiger partial charge >= 0.3 is 5.97 Å². The molecule has 4 aromatic carbocycles. The number of nitrogens with zero attached hydrogens (tertiary/aromatic N) is 1. The minimum Gasteiger partial charge on any atom is -0.481 e. The van der Waals surface area contributed by atoms with Crippen molar-refractivity contribution in [3.63, 3.8) is 0 Å². The molecule has 0 fully saturated rings. The predicted molar refractivity (Wildman–Crippen MR) is 143 cm³/mol. The zero-order valence-electron chi connectivity index (χ0n) is 19.0. The van der Waals surface area contributed by atoms with Gasteiger partial charge in [-0.3, -0.25) is 9.59 Å². The normalized spacial score (nSPS) is 17.3. The highest BCUT2D eigenvalue weighted by atomic mass is 35.5. The number of hydrogen-bond acceptors (Lipinski definition) is 3. The van der Waals surface area contributed by atoms with Crippen molar-refractivity contribution in [2.45, 2.75) is 6.04 Å². The summed E-state index contributed by atoms with van der Waals surface area (Å²) in [6, 6.07) is 31.6. The fourth-order valence-corrected chi connectivity index (χ4v) is 5.02. The van der Waals surface area contributed by atoms with Crippen molar-refractivity contribution in [2.24, 2.45) is 5.92 Å². The number of rotatable bonds is 6. The third-order valence-corrected chi connectivity index (χ3v) is 6.82. The molecule has 0 spiro atoms. The SMILES string of the molecule is O=C(C1=C(c2ccc(Cl)cc2)[C@H](C(=O)O)C(c2ccc(Cl)cc2)N1c1ccccc1)c1ccccc1. The van der Waals surface area contributed by atoms with Crippen LogP contribution in [0.4, 0.5) is 5.69 Å². The molecule has 6 heteroatoms. The van der Waals surface area contributed by atoms with E-state index in [1.54, 1.807) is 60.7 Å². The summed E-state index contributed by atoms with van der Waals surface area (Å²) in [6.07, 6.45) is 0. The highest BCUT2D eigenvalue weighted by Crippen LogP contribution is 2.51. The van der Waals surface area contributed by atoms with E-state index < -0.39 is 17.9 Å². The molecular weight excluding hydrogens is 493 g/mol. The molecule has 36 heavy (non-hydrogen) atoms. The molecule has 4 aromatic rings. The maximum absolute atomic E-state index is 14.1. The Labute approximate surface area is 219 Å². The third kappa shape index (κ3) is 4.41. The van der Waals surface area contributed by atoms with Gasteiger partial charge < -0.3 is 10.0 Å². The minimum absolute atomic E-state index is 0.257. The van der Waals surface area contributed by atoms with E-state index in [0.29, 0.717) is 38.1 Å². The first-order valence-corrected chi connectivity index (χ1v) is 12.1. The second-order valence-electron chi connectivity index (χ2n) is 8.48. The highest BCUT2D eigenvalue weighted by molar-refractivity contribution is 6.31. The van der Waals surface area contributed by atoms with Gasteiger partial charge in [-0.1, -0.05) is 96.0 Å². The van der Waals surface area contributed by atoms with Crippen LogP contribution in [0.3, 0.4) is 0 Å². The second-order valence-corrected chi connectivity index (χ2v) is 9.36. The summed E-state index contributed by atoms with van der Waals surface area (Å²) < 4.78 is 0. The van der Waals surface area contributed by atoms with Crippen molar-refractivity contribution in [1.82, 2.24) is 0 Å². The van der Waals surface area contributed by atoms with E-state index >= 15 is 0 Å². The van der Waals surface area contributed by atoms with Crippen LogP contribution in [0.1, 0.15) is 27.5 Å². The molecule has 4 nitrogen and oxygen atoms in total. The van der Waals surface area contributed by atoms with Crippen molar-refractivity contribution >= 4 is 46.2 Å². The lowest BCUT2D eigenvalue weighted by Crippen LogP contribution is -2.32. The Bertz CT molecular complexity index is 1430. The minimum atomic E-state index is -1.03. The van der Waals surface area contributed by atoms with Crippen LogP contribution >= 0.6 is 23.2 Å². The van der Waals surface area contributed by atoms with Crippen molar-refractivity contribution in [1.29, 1.82) is 0 Å². The van der Waals surface area contributed by atoms with Crippen LogP contribution in [0.5, 0.6) is 0 Å². The number of aliphatic carboxylic acids is 1. The summed E-state index contributed by atoms with van der Waals surface area (Å²) in [4.78, 5) is 28.9. The summed E-state index contributed by atoms with van der Waals surface area (Å²) >= 11 is 12.3. The van der Waals surface area contributed by atoms with Gasteiger partial charge in [0.2, 0.25) is 5.78 Å². The summed E-state index contributed by atoms with van der Waals surface area (Å²) in [5, 5.41) is 11.7. The van der Waals surface area contributed by atoms with Crippen LogP contribution in [0.15, 0.2) is 115 Å². The summed E-state index contributed by atoms with van der Waals surface area (Å²) in [5.41, 5.74) is 3.31. The average molecular weight is 514 g/mol. The molecule has 0 saturated heterocycles. The number of carbonyl (C=O) groups excluding carboxylic acids is 1. The van der Waals surface area contributed by atoms with Crippen LogP contribution in [-0.4, -0.2) is 16.9 Å². The van der Waals surface area contributed by atoms with Crippen molar-refractivity contribution < 1.29 is 14.7 Å². The number of carboxylic acids is 1. The van der Waals surface area contributed by atoms with E-state index in [0.717, 1.165) is 5.56 Å². The van der Waals surface area contributed by atoms with Crippen LogP contribution in [0, 0.1) is 5.92 Å².